The second-order valence-corrected chi connectivity index (χ2v) is 7.35. The number of benzene rings is 1. The van der Waals surface area contributed by atoms with Crippen LogP contribution in [-0.4, -0.2) is 55.3 Å². The highest BCUT2D eigenvalue weighted by Gasteiger charge is 2.30. The number of nitrogens with zero attached hydrogens (tertiary/aromatic N) is 2. The van der Waals surface area contributed by atoms with Crippen LogP contribution in [0.5, 0.6) is 0 Å². The third-order valence-electron chi connectivity index (χ3n) is 5.14. The molecule has 2 aromatic rings. The van der Waals surface area contributed by atoms with Gasteiger partial charge in [-0.3, -0.25) is 9.59 Å². The Hall–Kier alpha value is -2.67. The lowest BCUT2D eigenvalue weighted by Gasteiger charge is -2.32. The summed E-state index contributed by atoms with van der Waals surface area (Å²) in [6, 6.07) is 9.58. The summed E-state index contributed by atoms with van der Waals surface area (Å²) in [5.74, 6) is -0.536. The summed E-state index contributed by atoms with van der Waals surface area (Å²) in [7, 11) is 3.79. The third-order valence-corrected chi connectivity index (χ3v) is 5.14. The molecule has 1 aromatic carbocycles. The summed E-state index contributed by atoms with van der Waals surface area (Å²) < 4.78 is 18.7. The minimum absolute atomic E-state index is 0.0832. The first kappa shape index (κ1) is 20.1. The van der Waals surface area contributed by atoms with Gasteiger partial charge in [0.1, 0.15) is 5.82 Å². The van der Waals surface area contributed by atoms with Crippen molar-refractivity contribution in [1.29, 1.82) is 0 Å². The Bertz CT molecular complexity index is 807. The summed E-state index contributed by atoms with van der Waals surface area (Å²) in [6.45, 7) is 1.36. The maximum atomic E-state index is 13.6. The van der Waals surface area contributed by atoms with Crippen molar-refractivity contribution in [2.45, 2.75) is 18.9 Å². The van der Waals surface area contributed by atoms with Crippen LogP contribution in [0.3, 0.4) is 0 Å². The van der Waals surface area contributed by atoms with Gasteiger partial charge in [-0.05, 0) is 56.8 Å². The topological polar surface area (TPSA) is 65.8 Å². The number of rotatable bonds is 6. The van der Waals surface area contributed by atoms with Crippen LogP contribution >= 0.6 is 0 Å². The van der Waals surface area contributed by atoms with Gasteiger partial charge in [-0.2, -0.15) is 0 Å². The number of furan rings is 1. The maximum absolute atomic E-state index is 13.6. The quantitative estimate of drug-likeness (QED) is 0.828. The molecule has 2 heterocycles. The first-order valence-electron chi connectivity index (χ1n) is 9.48. The molecule has 150 valence electrons. The summed E-state index contributed by atoms with van der Waals surface area (Å²) in [4.78, 5) is 28.8. The van der Waals surface area contributed by atoms with Crippen molar-refractivity contribution in [2.24, 2.45) is 5.92 Å². The molecule has 1 aliphatic heterocycles. The summed E-state index contributed by atoms with van der Waals surface area (Å²) in [6.07, 6.45) is 2.97. The highest BCUT2D eigenvalue weighted by molar-refractivity contribution is 5.92. The molecule has 6 nitrogen and oxygen atoms in total. The van der Waals surface area contributed by atoms with Crippen LogP contribution < -0.4 is 5.32 Å². The molecule has 28 heavy (non-hydrogen) atoms. The van der Waals surface area contributed by atoms with Crippen molar-refractivity contribution >= 4 is 11.8 Å². The summed E-state index contributed by atoms with van der Waals surface area (Å²) >= 11 is 0. The predicted octanol–water partition coefficient (Wildman–Crippen LogP) is 2.69. The van der Waals surface area contributed by atoms with Crippen LogP contribution in [-0.2, 0) is 4.79 Å². The molecule has 1 saturated heterocycles. The van der Waals surface area contributed by atoms with E-state index in [0.717, 1.165) is 18.4 Å². The van der Waals surface area contributed by atoms with E-state index in [1.54, 1.807) is 23.1 Å². The van der Waals surface area contributed by atoms with E-state index >= 15 is 0 Å². The van der Waals surface area contributed by atoms with Gasteiger partial charge in [-0.1, -0.05) is 12.1 Å². The van der Waals surface area contributed by atoms with E-state index in [-0.39, 0.29) is 29.6 Å². The average molecular weight is 387 g/mol. The van der Waals surface area contributed by atoms with Crippen LogP contribution in [0, 0.1) is 11.7 Å². The predicted molar refractivity (Wildman–Crippen MR) is 103 cm³/mol. The van der Waals surface area contributed by atoms with E-state index in [1.165, 1.54) is 18.4 Å². The van der Waals surface area contributed by atoms with Gasteiger partial charge in [0.15, 0.2) is 5.76 Å². The van der Waals surface area contributed by atoms with E-state index in [9.17, 15) is 14.0 Å². The van der Waals surface area contributed by atoms with Crippen molar-refractivity contribution in [3.05, 3.63) is 59.8 Å². The first-order valence-corrected chi connectivity index (χ1v) is 9.48. The second-order valence-electron chi connectivity index (χ2n) is 7.35. The van der Waals surface area contributed by atoms with E-state index in [0.29, 0.717) is 25.4 Å². The number of nitrogens with one attached hydrogen (secondary N) is 1. The van der Waals surface area contributed by atoms with Gasteiger partial charge in [0.05, 0.1) is 18.2 Å². The molecule has 0 bridgehead atoms. The van der Waals surface area contributed by atoms with Crippen molar-refractivity contribution in [3.8, 4) is 0 Å². The number of likely N-dealkylation sites (tertiary alicyclic amines) is 1. The Morgan fingerprint density at radius 2 is 2.14 bits per heavy atom. The Labute approximate surface area is 164 Å². The van der Waals surface area contributed by atoms with E-state index in [1.807, 2.05) is 25.1 Å². The summed E-state index contributed by atoms with van der Waals surface area (Å²) in [5, 5.41) is 2.98. The minimum Gasteiger partial charge on any atom is -0.459 e. The molecule has 1 aliphatic rings. The molecule has 0 radical (unpaired) electrons. The fraction of sp³-hybridized carbons (Fsp3) is 0.429. The average Bonchev–Trinajstić information content (AvgIpc) is 3.22. The standard InChI is InChI=1S/C21H26FN3O3/c1-24(2)18(15-6-3-8-17(22)12-15)13-23-20(26)16-7-4-10-25(14-16)21(27)19-9-5-11-28-19/h3,5-6,8-9,11-12,16,18H,4,7,10,13-14H2,1-2H3,(H,23,26)/t16-,18+/m0/s1. The molecular weight excluding hydrogens is 361 g/mol. The molecule has 1 fully saturated rings. The van der Waals surface area contributed by atoms with E-state index < -0.39 is 0 Å². The lowest BCUT2D eigenvalue weighted by molar-refractivity contribution is -0.126. The van der Waals surface area contributed by atoms with Crippen LogP contribution in [0.25, 0.3) is 0 Å². The number of carbonyl (C=O) groups excluding carboxylic acids is 2. The molecule has 7 heteroatoms. The zero-order valence-corrected chi connectivity index (χ0v) is 16.2. The van der Waals surface area contributed by atoms with E-state index in [4.69, 9.17) is 4.42 Å². The van der Waals surface area contributed by atoms with Gasteiger partial charge in [0.25, 0.3) is 5.91 Å². The largest absolute Gasteiger partial charge is 0.459 e. The third kappa shape index (κ3) is 4.78. The van der Waals surface area contributed by atoms with Gasteiger partial charge >= 0.3 is 0 Å². The first-order chi connectivity index (χ1) is 13.5. The highest BCUT2D eigenvalue weighted by atomic mass is 19.1. The van der Waals surface area contributed by atoms with Gasteiger partial charge < -0.3 is 19.5 Å². The van der Waals surface area contributed by atoms with Crippen molar-refractivity contribution in [1.82, 2.24) is 15.1 Å². The van der Waals surface area contributed by atoms with Crippen LogP contribution in [0.2, 0.25) is 0 Å². The molecular formula is C21H26FN3O3. The van der Waals surface area contributed by atoms with Crippen molar-refractivity contribution < 1.29 is 18.4 Å². The number of piperidine rings is 1. The van der Waals surface area contributed by atoms with E-state index in [2.05, 4.69) is 5.32 Å². The van der Waals surface area contributed by atoms with Crippen molar-refractivity contribution in [3.63, 3.8) is 0 Å². The Balaban J connectivity index is 1.59. The number of halogens is 1. The normalized spacial score (nSPS) is 18.1. The summed E-state index contributed by atoms with van der Waals surface area (Å²) in [5.41, 5.74) is 0.809. The Morgan fingerprint density at radius 1 is 1.32 bits per heavy atom. The van der Waals surface area contributed by atoms with Crippen LogP contribution in [0.4, 0.5) is 4.39 Å². The lowest BCUT2D eigenvalue weighted by atomic mass is 9.96. The lowest BCUT2D eigenvalue weighted by Crippen LogP contribution is -2.46. The van der Waals surface area contributed by atoms with Crippen LogP contribution in [0.1, 0.15) is 35.0 Å². The molecule has 0 aliphatic carbocycles. The fourth-order valence-electron chi connectivity index (χ4n) is 3.59. The number of hydrogen-bond donors (Lipinski definition) is 1. The molecule has 0 spiro atoms. The molecule has 0 unspecified atom stereocenters. The smallest absolute Gasteiger partial charge is 0.289 e. The van der Waals surface area contributed by atoms with Gasteiger partial charge in [-0.25, -0.2) is 4.39 Å². The van der Waals surface area contributed by atoms with Crippen molar-refractivity contribution in [2.75, 3.05) is 33.7 Å². The Kier molecular flexibility index (Phi) is 6.46. The number of carbonyl (C=O) groups is 2. The minimum atomic E-state index is -0.296. The number of amides is 2. The molecule has 0 saturated carbocycles. The molecule has 2 amide bonds. The molecule has 1 aromatic heterocycles. The zero-order chi connectivity index (χ0) is 20.1. The van der Waals surface area contributed by atoms with Gasteiger partial charge in [-0.15, -0.1) is 0 Å². The molecule has 2 atom stereocenters. The number of hydrogen-bond acceptors (Lipinski definition) is 4. The second kappa shape index (κ2) is 9.01. The van der Waals surface area contributed by atoms with Gasteiger partial charge in [0, 0.05) is 19.6 Å². The SMILES string of the molecule is CN(C)[C@H](CNC(=O)[C@H]1CCCN(C(=O)c2ccco2)C1)c1cccc(F)c1. The van der Waals surface area contributed by atoms with Crippen LogP contribution in [0.15, 0.2) is 47.1 Å². The zero-order valence-electron chi connectivity index (χ0n) is 16.2. The van der Waals surface area contributed by atoms with Gasteiger partial charge in [0.2, 0.25) is 5.91 Å². The monoisotopic (exact) mass is 387 g/mol. The molecule has 1 N–H and O–H groups in total. The maximum Gasteiger partial charge on any atom is 0.289 e. The number of likely N-dealkylation sites (N-methyl/N-ethyl adjacent to an activating group) is 1. The Morgan fingerprint density at radius 3 is 2.82 bits per heavy atom. The highest BCUT2D eigenvalue weighted by Crippen LogP contribution is 2.21. The fourth-order valence-corrected chi connectivity index (χ4v) is 3.59. The molecule has 3 rings (SSSR count).